The first-order valence-corrected chi connectivity index (χ1v) is 10.1. The van der Waals surface area contributed by atoms with Gasteiger partial charge in [0.2, 0.25) is 5.88 Å². The highest BCUT2D eigenvalue weighted by atomic mass is 16.5. The zero-order chi connectivity index (χ0) is 21.8. The molecule has 0 spiro atoms. The Labute approximate surface area is 178 Å². The van der Waals surface area contributed by atoms with E-state index >= 15 is 0 Å². The average Bonchev–Trinajstić information content (AvgIpc) is 3.12. The first kappa shape index (κ1) is 20.6. The monoisotopic (exact) mass is 424 g/mol. The number of benzene rings is 1. The molecule has 3 aromatic rings. The Balaban J connectivity index is 1.66. The van der Waals surface area contributed by atoms with Gasteiger partial charge in [-0.15, -0.1) is 5.10 Å². The summed E-state index contributed by atoms with van der Waals surface area (Å²) in [5, 5.41) is 25.0. The normalized spacial score (nSPS) is 17.4. The van der Waals surface area contributed by atoms with E-state index in [2.05, 4.69) is 20.8 Å². The van der Waals surface area contributed by atoms with Crippen LogP contribution in [0.15, 0.2) is 47.4 Å². The minimum Gasteiger partial charge on any atom is -0.477 e. The van der Waals surface area contributed by atoms with Crippen molar-refractivity contribution in [1.29, 1.82) is 0 Å². The number of carbonyl (C=O) groups is 1. The number of ether oxygens (including phenoxy) is 1. The number of nitrogens with one attached hydrogen (secondary N) is 2. The number of anilines is 1. The second-order valence-corrected chi connectivity index (χ2v) is 7.34. The zero-order valence-electron chi connectivity index (χ0n) is 17.1. The van der Waals surface area contributed by atoms with Crippen LogP contribution in [0.25, 0.3) is 0 Å². The van der Waals surface area contributed by atoms with Gasteiger partial charge in [0.15, 0.2) is 11.9 Å². The van der Waals surface area contributed by atoms with Crippen molar-refractivity contribution in [2.45, 2.75) is 25.6 Å². The predicted octanol–water partition coefficient (Wildman–Crippen LogP) is 1.03. The number of hydrogen-bond acceptors (Lipinski definition) is 7. The molecular formula is C21H24N6O4. The molecule has 2 aromatic heterocycles. The van der Waals surface area contributed by atoms with Crippen LogP contribution in [0, 0.1) is 0 Å². The van der Waals surface area contributed by atoms with E-state index in [1.54, 1.807) is 37.5 Å². The molecule has 1 aliphatic heterocycles. The zero-order valence-corrected chi connectivity index (χ0v) is 17.1. The van der Waals surface area contributed by atoms with E-state index in [-0.39, 0.29) is 23.7 Å². The Morgan fingerprint density at radius 1 is 1.16 bits per heavy atom. The lowest BCUT2D eigenvalue weighted by Gasteiger charge is -2.16. The van der Waals surface area contributed by atoms with Gasteiger partial charge in [-0.1, -0.05) is 18.2 Å². The molecule has 0 radical (unpaired) electrons. The SMILES string of the molecule is Cn1cc2c(n1)C(=O)NCCCCOc1ccc(=O)n(n1)Cc1cccc(c1)C(O)N2. The van der Waals surface area contributed by atoms with Crippen molar-refractivity contribution >= 4 is 11.6 Å². The molecular weight excluding hydrogens is 400 g/mol. The molecule has 1 aliphatic rings. The standard InChI is InChI=1S/C21H24N6O4/c1-26-13-16-19(25-26)21(30)22-9-2-3-10-31-17-7-8-18(28)27(24-17)12-14-5-4-6-15(11-14)20(29)23-16/h4-8,11,13,20,23,29H,2-3,9-10,12H2,1H3,(H,22,30). The van der Waals surface area contributed by atoms with Crippen LogP contribution >= 0.6 is 0 Å². The minimum atomic E-state index is -1.08. The largest absolute Gasteiger partial charge is 0.477 e. The summed E-state index contributed by atoms with van der Waals surface area (Å²) >= 11 is 0. The van der Waals surface area contributed by atoms with Crippen molar-refractivity contribution < 1.29 is 14.6 Å². The van der Waals surface area contributed by atoms with E-state index in [1.807, 2.05) is 6.07 Å². The van der Waals surface area contributed by atoms with Crippen molar-refractivity contribution in [3.63, 3.8) is 0 Å². The molecule has 10 nitrogen and oxygen atoms in total. The van der Waals surface area contributed by atoms with E-state index in [9.17, 15) is 14.7 Å². The Kier molecular flexibility index (Phi) is 5.99. The van der Waals surface area contributed by atoms with Gasteiger partial charge < -0.3 is 20.5 Å². The molecule has 4 rings (SSSR count). The summed E-state index contributed by atoms with van der Waals surface area (Å²) in [6.45, 7) is 1.10. The number of rotatable bonds is 0. The number of aliphatic hydroxyl groups excluding tert-OH is 1. The van der Waals surface area contributed by atoms with E-state index in [0.717, 1.165) is 5.56 Å². The molecule has 0 saturated carbocycles. The number of nitrogens with zero attached hydrogens (tertiary/aromatic N) is 4. The average molecular weight is 424 g/mol. The van der Waals surface area contributed by atoms with Crippen LogP contribution in [0.5, 0.6) is 5.88 Å². The van der Waals surface area contributed by atoms with Gasteiger partial charge >= 0.3 is 0 Å². The first-order valence-electron chi connectivity index (χ1n) is 10.1. The third kappa shape index (κ3) is 4.92. The summed E-state index contributed by atoms with van der Waals surface area (Å²) in [6, 6.07) is 10.1. The van der Waals surface area contributed by atoms with Gasteiger partial charge in [0.05, 0.1) is 18.8 Å². The number of aromatic nitrogens is 4. The molecule has 1 aromatic carbocycles. The van der Waals surface area contributed by atoms with Crippen LogP contribution in [0.3, 0.4) is 0 Å². The fraction of sp³-hybridized carbons (Fsp3) is 0.333. The summed E-state index contributed by atoms with van der Waals surface area (Å²) in [7, 11) is 1.71. The summed E-state index contributed by atoms with van der Waals surface area (Å²) in [5.41, 5.74) is 1.76. The van der Waals surface area contributed by atoms with Crippen molar-refractivity contribution in [3.05, 3.63) is 69.8 Å². The van der Waals surface area contributed by atoms with Crippen LogP contribution in [-0.2, 0) is 13.6 Å². The maximum atomic E-state index is 12.6. The van der Waals surface area contributed by atoms with Gasteiger partial charge in [-0.3, -0.25) is 14.3 Å². The predicted molar refractivity (Wildman–Crippen MR) is 113 cm³/mol. The first-order chi connectivity index (χ1) is 15.0. The van der Waals surface area contributed by atoms with Gasteiger partial charge in [0, 0.05) is 37.5 Å². The van der Waals surface area contributed by atoms with Gasteiger partial charge in [0.1, 0.15) is 0 Å². The van der Waals surface area contributed by atoms with E-state index in [1.165, 1.54) is 15.4 Å². The Morgan fingerprint density at radius 3 is 2.90 bits per heavy atom. The highest BCUT2D eigenvalue weighted by Crippen LogP contribution is 2.21. The fourth-order valence-electron chi connectivity index (χ4n) is 3.34. The number of aliphatic hydroxyl groups is 1. The van der Waals surface area contributed by atoms with Crippen molar-refractivity contribution in [2.75, 3.05) is 18.5 Å². The molecule has 4 bridgehead atoms. The minimum absolute atomic E-state index is 0.209. The number of carbonyl (C=O) groups excluding carboxylic acids is 1. The summed E-state index contributed by atoms with van der Waals surface area (Å²) < 4.78 is 8.50. The fourth-order valence-corrected chi connectivity index (χ4v) is 3.34. The van der Waals surface area contributed by atoms with Gasteiger partial charge in [-0.25, -0.2) is 4.68 Å². The quantitative estimate of drug-likeness (QED) is 0.492. The third-order valence-electron chi connectivity index (χ3n) is 4.88. The molecule has 162 valence electrons. The highest BCUT2D eigenvalue weighted by molar-refractivity contribution is 5.97. The molecule has 1 atom stereocenters. The van der Waals surface area contributed by atoms with Crippen LogP contribution in [0.1, 0.15) is 40.7 Å². The van der Waals surface area contributed by atoms with Gasteiger partial charge in [0.25, 0.3) is 11.5 Å². The lowest BCUT2D eigenvalue weighted by molar-refractivity contribution is 0.0947. The molecule has 31 heavy (non-hydrogen) atoms. The number of hydrogen-bond donors (Lipinski definition) is 3. The Hall–Kier alpha value is -3.66. The lowest BCUT2D eigenvalue weighted by atomic mass is 10.1. The smallest absolute Gasteiger partial charge is 0.273 e. The van der Waals surface area contributed by atoms with Crippen molar-refractivity contribution in [3.8, 4) is 5.88 Å². The third-order valence-corrected chi connectivity index (χ3v) is 4.88. The Morgan fingerprint density at radius 2 is 2.03 bits per heavy atom. The van der Waals surface area contributed by atoms with Crippen molar-refractivity contribution in [1.82, 2.24) is 24.9 Å². The summed E-state index contributed by atoms with van der Waals surface area (Å²) in [5.74, 6) is 0.0422. The lowest BCUT2D eigenvalue weighted by Crippen LogP contribution is -2.27. The molecule has 3 heterocycles. The molecule has 1 unspecified atom stereocenters. The molecule has 0 saturated heterocycles. The second kappa shape index (κ2) is 9.00. The van der Waals surface area contributed by atoms with E-state index in [4.69, 9.17) is 4.74 Å². The molecule has 0 fully saturated rings. The maximum Gasteiger partial charge on any atom is 0.273 e. The topological polar surface area (TPSA) is 123 Å². The number of aryl methyl sites for hydroxylation is 1. The summed E-state index contributed by atoms with van der Waals surface area (Å²) in [6.07, 6.45) is 1.97. The van der Waals surface area contributed by atoms with Crippen LogP contribution in [-0.4, -0.2) is 43.7 Å². The summed E-state index contributed by atoms with van der Waals surface area (Å²) in [4.78, 5) is 24.8. The molecule has 1 amide bonds. The molecule has 3 N–H and O–H groups in total. The molecule has 0 aliphatic carbocycles. The second-order valence-electron chi connectivity index (χ2n) is 7.34. The molecule has 10 heteroatoms. The number of amides is 1. The van der Waals surface area contributed by atoms with Crippen LogP contribution in [0.4, 0.5) is 5.69 Å². The number of fused-ring (bicyclic) bond motifs is 5. The highest BCUT2D eigenvalue weighted by Gasteiger charge is 2.19. The Bertz CT molecular complexity index is 1140. The van der Waals surface area contributed by atoms with Crippen molar-refractivity contribution in [2.24, 2.45) is 7.05 Å². The van der Waals surface area contributed by atoms with Gasteiger partial charge in [-0.2, -0.15) is 5.10 Å². The van der Waals surface area contributed by atoms with E-state index < -0.39 is 6.23 Å². The maximum absolute atomic E-state index is 12.6. The van der Waals surface area contributed by atoms with Gasteiger partial charge in [-0.05, 0) is 24.5 Å². The van der Waals surface area contributed by atoms with Crippen LogP contribution in [0.2, 0.25) is 0 Å². The van der Waals surface area contributed by atoms with Crippen LogP contribution < -0.4 is 20.9 Å². The van der Waals surface area contributed by atoms with E-state index in [0.29, 0.717) is 43.1 Å².